The zero-order chi connectivity index (χ0) is 19.0. The Kier molecular flexibility index (Phi) is 4.84. The van der Waals surface area contributed by atoms with Crippen LogP contribution in [0.3, 0.4) is 0 Å². The number of carbonyl (C=O) groups excluding carboxylic acids is 1. The first-order chi connectivity index (χ1) is 13.0. The van der Waals surface area contributed by atoms with E-state index in [0.29, 0.717) is 25.3 Å². The minimum absolute atomic E-state index is 0.00779. The molecule has 1 amide bonds. The van der Waals surface area contributed by atoms with Crippen LogP contribution in [0.4, 0.5) is 0 Å². The van der Waals surface area contributed by atoms with Crippen molar-refractivity contribution >= 4 is 5.91 Å². The van der Waals surface area contributed by atoms with Gasteiger partial charge in [0.25, 0.3) is 5.56 Å². The number of carbonyl (C=O) groups is 1. The Morgan fingerprint density at radius 3 is 2.67 bits per heavy atom. The number of rotatable bonds is 3. The molecule has 2 unspecified atom stereocenters. The average molecular weight is 371 g/mol. The number of H-pyrrole nitrogens is 1. The number of hydrazine groups is 1. The SMILES string of the molecule is Cc1nc(C2CCN(C(=O)C3CC(c4ccc(C)o4)NN3)CC2)cc(=O)[nH]1. The highest BCUT2D eigenvalue weighted by Gasteiger charge is 2.35. The highest BCUT2D eigenvalue weighted by Crippen LogP contribution is 2.28. The number of nitrogens with zero attached hydrogens (tertiary/aromatic N) is 2. The van der Waals surface area contributed by atoms with Gasteiger partial charge in [-0.05, 0) is 45.2 Å². The van der Waals surface area contributed by atoms with E-state index in [0.717, 1.165) is 30.1 Å². The lowest BCUT2D eigenvalue weighted by Crippen LogP contribution is -2.48. The summed E-state index contributed by atoms with van der Waals surface area (Å²) in [4.78, 5) is 33.6. The number of aromatic amines is 1. The Balaban J connectivity index is 1.34. The van der Waals surface area contributed by atoms with Crippen molar-refractivity contribution in [3.63, 3.8) is 0 Å². The number of nitrogens with one attached hydrogen (secondary N) is 3. The second-order valence-electron chi connectivity index (χ2n) is 7.43. The van der Waals surface area contributed by atoms with Crippen molar-refractivity contribution in [3.05, 3.63) is 51.6 Å². The normalized spacial score (nSPS) is 23.7. The molecule has 2 aliphatic heterocycles. The van der Waals surface area contributed by atoms with E-state index in [9.17, 15) is 9.59 Å². The lowest BCUT2D eigenvalue weighted by atomic mass is 9.92. The van der Waals surface area contributed by atoms with Crippen LogP contribution in [-0.2, 0) is 4.79 Å². The van der Waals surface area contributed by atoms with Crippen LogP contribution < -0.4 is 16.4 Å². The van der Waals surface area contributed by atoms with Gasteiger partial charge in [0, 0.05) is 25.1 Å². The van der Waals surface area contributed by atoms with E-state index < -0.39 is 0 Å². The van der Waals surface area contributed by atoms with Crippen LogP contribution in [0.2, 0.25) is 0 Å². The highest BCUT2D eigenvalue weighted by atomic mass is 16.3. The topological polar surface area (TPSA) is 103 Å². The molecule has 2 aliphatic rings. The number of hydrogen-bond donors (Lipinski definition) is 3. The summed E-state index contributed by atoms with van der Waals surface area (Å²) >= 11 is 0. The Hall–Kier alpha value is -2.45. The summed E-state index contributed by atoms with van der Waals surface area (Å²) < 4.78 is 5.66. The van der Waals surface area contributed by atoms with Crippen LogP contribution in [0.5, 0.6) is 0 Å². The van der Waals surface area contributed by atoms with Gasteiger partial charge in [0.05, 0.1) is 11.7 Å². The predicted molar refractivity (Wildman–Crippen MR) is 99.0 cm³/mol. The zero-order valence-corrected chi connectivity index (χ0v) is 15.6. The van der Waals surface area contributed by atoms with Gasteiger partial charge in [-0.3, -0.25) is 9.59 Å². The third-order valence-corrected chi connectivity index (χ3v) is 5.41. The van der Waals surface area contributed by atoms with Gasteiger partial charge in [-0.15, -0.1) is 0 Å². The number of amides is 1. The van der Waals surface area contributed by atoms with Gasteiger partial charge in [-0.25, -0.2) is 15.8 Å². The standard InChI is InChI=1S/C19H25N5O3/c1-11-3-4-17(27-11)15-9-16(23-22-15)19(26)24-7-5-13(6-8-24)14-10-18(25)21-12(2)20-14/h3-4,10,13,15-16,22-23H,5-9H2,1-2H3,(H,20,21,25). The van der Waals surface area contributed by atoms with E-state index in [4.69, 9.17) is 4.42 Å². The van der Waals surface area contributed by atoms with Gasteiger partial charge in [0.1, 0.15) is 23.4 Å². The summed E-state index contributed by atoms with van der Waals surface area (Å²) in [6.07, 6.45) is 2.31. The Morgan fingerprint density at radius 1 is 1.22 bits per heavy atom. The maximum absolute atomic E-state index is 12.9. The Labute approximate surface area is 157 Å². The summed E-state index contributed by atoms with van der Waals surface area (Å²) in [6, 6.07) is 5.21. The molecule has 4 rings (SSSR count). The fraction of sp³-hybridized carbons (Fsp3) is 0.526. The summed E-state index contributed by atoms with van der Waals surface area (Å²) in [5.41, 5.74) is 6.99. The van der Waals surface area contributed by atoms with Crippen LogP contribution in [0.15, 0.2) is 27.4 Å². The number of likely N-dealkylation sites (tertiary alicyclic amines) is 1. The van der Waals surface area contributed by atoms with E-state index in [1.54, 1.807) is 13.0 Å². The molecule has 3 N–H and O–H groups in total. The summed E-state index contributed by atoms with van der Waals surface area (Å²) in [5.74, 6) is 2.69. The molecular weight excluding hydrogens is 346 g/mol. The second-order valence-corrected chi connectivity index (χ2v) is 7.43. The van der Waals surface area contributed by atoms with Crippen LogP contribution in [-0.4, -0.2) is 39.9 Å². The minimum Gasteiger partial charge on any atom is -0.465 e. The fourth-order valence-electron chi connectivity index (χ4n) is 3.97. The lowest BCUT2D eigenvalue weighted by Gasteiger charge is -2.33. The van der Waals surface area contributed by atoms with Gasteiger partial charge < -0.3 is 14.3 Å². The molecule has 0 aromatic carbocycles. The molecule has 2 fully saturated rings. The van der Waals surface area contributed by atoms with Gasteiger partial charge in [0.2, 0.25) is 5.91 Å². The predicted octanol–water partition coefficient (Wildman–Crippen LogP) is 1.29. The average Bonchev–Trinajstić information content (AvgIpc) is 3.29. The van der Waals surface area contributed by atoms with Crippen molar-refractivity contribution in [1.29, 1.82) is 0 Å². The molecule has 2 aromatic rings. The van der Waals surface area contributed by atoms with Crippen LogP contribution in [0.1, 0.15) is 54.3 Å². The maximum atomic E-state index is 12.9. The van der Waals surface area contributed by atoms with Crippen molar-refractivity contribution in [2.75, 3.05) is 13.1 Å². The van der Waals surface area contributed by atoms with Crippen LogP contribution >= 0.6 is 0 Å². The molecule has 0 radical (unpaired) electrons. The molecule has 0 aliphatic carbocycles. The fourth-order valence-corrected chi connectivity index (χ4v) is 3.97. The maximum Gasteiger partial charge on any atom is 0.251 e. The first kappa shape index (κ1) is 17.9. The second kappa shape index (κ2) is 7.28. The molecule has 4 heterocycles. The first-order valence-corrected chi connectivity index (χ1v) is 9.43. The smallest absolute Gasteiger partial charge is 0.251 e. The zero-order valence-electron chi connectivity index (χ0n) is 15.6. The molecule has 144 valence electrons. The number of aromatic nitrogens is 2. The third kappa shape index (κ3) is 3.81. The summed E-state index contributed by atoms with van der Waals surface area (Å²) in [7, 11) is 0. The van der Waals surface area contributed by atoms with E-state index in [1.807, 2.05) is 24.0 Å². The first-order valence-electron chi connectivity index (χ1n) is 9.43. The lowest BCUT2D eigenvalue weighted by molar-refractivity contribution is -0.134. The van der Waals surface area contributed by atoms with Gasteiger partial charge in [-0.1, -0.05) is 0 Å². The molecule has 2 atom stereocenters. The van der Waals surface area contributed by atoms with Gasteiger partial charge in [0.15, 0.2) is 0 Å². The molecule has 2 aromatic heterocycles. The van der Waals surface area contributed by atoms with Crippen LogP contribution in [0.25, 0.3) is 0 Å². The molecule has 8 heteroatoms. The number of furan rings is 1. The molecule has 0 bridgehead atoms. The van der Waals surface area contributed by atoms with Crippen molar-refractivity contribution in [3.8, 4) is 0 Å². The Morgan fingerprint density at radius 2 is 2.00 bits per heavy atom. The van der Waals surface area contributed by atoms with E-state index >= 15 is 0 Å². The summed E-state index contributed by atoms with van der Waals surface area (Å²) in [5, 5.41) is 0. The number of hydrogen-bond acceptors (Lipinski definition) is 6. The van der Waals surface area contributed by atoms with Crippen LogP contribution in [0, 0.1) is 13.8 Å². The van der Waals surface area contributed by atoms with E-state index in [1.165, 1.54) is 0 Å². The van der Waals surface area contributed by atoms with Gasteiger partial charge >= 0.3 is 0 Å². The summed E-state index contributed by atoms with van der Waals surface area (Å²) in [6.45, 7) is 5.06. The molecule has 27 heavy (non-hydrogen) atoms. The van der Waals surface area contributed by atoms with Crippen molar-refractivity contribution in [2.45, 2.75) is 51.1 Å². The minimum atomic E-state index is -0.253. The third-order valence-electron chi connectivity index (χ3n) is 5.41. The number of piperidine rings is 1. The molecule has 0 saturated carbocycles. The quantitative estimate of drug-likeness (QED) is 0.751. The van der Waals surface area contributed by atoms with Crippen molar-refractivity contribution in [2.24, 2.45) is 0 Å². The highest BCUT2D eigenvalue weighted by molar-refractivity contribution is 5.82. The largest absolute Gasteiger partial charge is 0.465 e. The number of aryl methyl sites for hydroxylation is 2. The van der Waals surface area contributed by atoms with Crippen molar-refractivity contribution in [1.82, 2.24) is 25.7 Å². The monoisotopic (exact) mass is 371 g/mol. The van der Waals surface area contributed by atoms with E-state index in [-0.39, 0.29) is 29.5 Å². The molecule has 2 saturated heterocycles. The molecule has 0 spiro atoms. The van der Waals surface area contributed by atoms with Gasteiger partial charge in [-0.2, -0.15) is 0 Å². The van der Waals surface area contributed by atoms with Crippen molar-refractivity contribution < 1.29 is 9.21 Å². The molecule has 8 nitrogen and oxygen atoms in total. The molecular formula is C19H25N5O3. The Bertz CT molecular complexity index is 881. The van der Waals surface area contributed by atoms with E-state index in [2.05, 4.69) is 20.8 Å².